The molecule has 146 valence electrons. The fourth-order valence-electron chi connectivity index (χ4n) is 3.62. The third-order valence-electron chi connectivity index (χ3n) is 4.93. The SMILES string of the molecule is O=C(O)NC1=NCC2COCC[C@]2(c2cc(-c3cncnc3)c(F)cc2F)S1. The standard InChI is InChI=1S/C18H16F2N4O3S/c19-14-4-15(20)13(3-12(14)10-5-21-9-22-6-10)18-1-2-27-8-11(18)7-23-16(28-18)24-17(25)26/h3-6,9,11H,1-2,7-8H2,(H,23,24)(H,25,26)/t11?,18-/m0/s1. The van der Waals surface area contributed by atoms with Crippen LogP contribution in [0.25, 0.3) is 11.1 Å². The van der Waals surface area contributed by atoms with Crippen LogP contribution in [0.5, 0.6) is 0 Å². The van der Waals surface area contributed by atoms with Crippen LogP contribution < -0.4 is 5.32 Å². The number of rotatable bonds is 2. The van der Waals surface area contributed by atoms with E-state index in [2.05, 4.69) is 20.3 Å². The van der Waals surface area contributed by atoms with Crippen molar-refractivity contribution in [3.8, 4) is 11.1 Å². The Balaban J connectivity index is 1.83. The predicted octanol–water partition coefficient (Wildman–Crippen LogP) is 3.02. The summed E-state index contributed by atoms with van der Waals surface area (Å²) in [5, 5.41) is 11.5. The Morgan fingerprint density at radius 1 is 1.29 bits per heavy atom. The van der Waals surface area contributed by atoms with Crippen molar-refractivity contribution in [3.05, 3.63) is 48.1 Å². The summed E-state index contributed by atoms with van der Waals surface area (Å²) in [5.41, 5.74) is 0.915. The third kappa shape index (κ3) is 3.33. The van der Waals surface area contributed by atoms with Crippen molar-refractivity contribution in [2.45, 2.75) is 11.2 Å². The Morgan fingerprint density at radius 2 is 2.07 bits per heavy atom. The molecular weight excluding hydrogens is 390 g/mol. The molecule has 3 heterocycles. The van der Waals surface area contributed by atoms with Gasteiger partial charge < -0.3 is 9.84 Å². The zero-order valence-corrected chi connectivity index (χ0v) is 15.4. The van der Waals surface area contributed by atoms with Gasteiger partial charge in [-0.05, 0) is 12.5 Å². The molecule has 1 amide bonds. The van der Waals surface area contributed by atoms with Crippen molar-refractivity contribution in [1.29, 1.82) is 0 Å². The maximum atomic E-state index is 15.0. The first kappa shape index (κ1) is 18.8. The molecule has 0 bridgehead atoms. The first-order valence-corrected chi connectivity index (χ1v) is 9.37. The normalized spacial score (nSPS) is 24.2. The minimum atomic E-state index is -1.24. The van der Waals surface area contributed by atoms with Crippen LogP contribution in [0.4, 0.5) is 13.6 Å². The predicted molar refractivity (Wildman–Crippen MR) is 99.0 cm³/mol. The van der Waals surface area contributed by atoms with E-state index in [0.29, 0.717) is 30.8 Å². The Bertz CT molecular complexity index is 944. The summed E-state index contributed by atoms with van der Waals surface area (Å²) in [6, 6.07) is 2.33. The van der Waals surface area contributed by atoms with Crippen molar-refractivity contribution in [2.75, 3.05) is 19.8 Å². The van der Waals surface area contributed by atoms with E-state index in [1.54, 1.807) is 0 Å². The molecule has 0 spiro atoms. The molecule has 1 unspecified atom stereocenters. The van der Waals surface area contributed by atoms with Crippen LogP contribution in [0.3, 0.4) is 0 Å². The number of nitrogens with one attached hydrogen (secondary N) is 1. The lowest BCUT2D eigenvalue weighted by molar-refractivity contribution is 0.0318. The molecule has 28 heavy (non-hydrogen) atoms. The molecule has 10 heteroatoms. The Morgan fingerprint density at radius 3 is 2.82 bits per heavy atom. The first-order valence-electron chi connectivity index (χ1n) is 8.55. The maximum absolute atomic E-state index is 15.0. The quantitative estimate of drug-likeness (QED) is 0.796. The van der Waals surface area contributed by atoms with E-state index in [1.165, 1.54) is 24.8 Å². The second-order valence-corrected chi connectivity index (χ2v) is 7.85. The van der Waals surface area contributed by atoms with Gasteiger partial charge in [0, 0.05) is 54.2 Å². The molecule has 0 radical (unpaired) electrons. The molecule has 1 saturated heterocycles. The highest BCUT2D eigenvalue weighted by molar-refractivity contribution is 8.14. The summed E-state index contributed by atoms with van der Waals surface area (Å²) < 4.78 is 34.2. The number of carboxylic acid groups (broad SMARTS) is 1. The van der Waals surface area contributed by atoms with Gasteiger partial charge in [-0.3, -0.25) is 10.3 Å². The van der Waals surface area contributed by atoms with Gasteiger partial charge in [0.2, 0.25) is 0 Å². The number of amides is 1. The molecule has 1 aromatic heterocycles. The van der Waals surface area contributed by atoms with E-state index in [9.17, 15) is 13.6 Å². The van der Waals surface area contributed by atoms with Crippen LogP contribution in [0, 0.1) is 17.6 Å². The lowest BCUT2D eigenvalue weighted by atomic mass is 9.80. The topological polar surface area (TPSA) is 96.7 Å². The molecule has 2 aliphatic heterocycles. The lowest BCUT2D eigenvalue weighted by Gasteiger charge is -2.45. The van der Waals surface area contributed by atoms with Gasteiger partial charge in [-0.15, -0.1) is 0 Å². The fourth-order valence-corrected chi connectivity index (χ4v) is 5.00. The van der Waals surface area contributed by atoms with Gasteiger partial charge in [0.15, 0.2) is 5.17 Å². The molecule has 2 atom stereocenters. The van der Waals surface area contributed by atoms with Gasteiger partial charge in [0.05, 0.1) is 11.4 Å². The van der Waals surface area contributed by atoms with Crippen LogP contribution >= 0.6 is 11.8 Å². The minimum absolute atomic E-state index is 0.176. The zero-order valence-electron chi connectivity index (χ0n) is 14.6. The number of aliphatic imine (C=N–C) groups is 1. The van der Waals surface area contributed by atoms with Crippen molar-refractivity contribution < 1.29 is 23.4 Å². The Kier molecular flexibility index (Phi) is 4.98. The van der Waals surface area contributed by atoms with E-state index < -0.39 is 22.5 Å². The summed E-state index contributed by atoms with van der Waals surface area (Å²) in [7, 11) is 0. The number of aromatic nitrogens is 2. The number of benzene rings is 1. The number of thioether (sulfide) groups is 1. The van der Waals surface area contributed by atoms with Crippen LogP contribution in [0.15, 0.2) is 35.8 Å². The number of carbonyl (C=O) groups is 1. The monoisotopic (exact) mass is 406 g/mol. The summed E-state index contributed by atoms with van der Waals surface area (Å²) >= 11 is 1.15. The average molecular weight is 406 g/mol. The molecule has 2 aliphatic rings. The van der Waals surface area contributed by atoms with Gasteiger partial charge in [0.25, 0.3) is 0 Å². The number of amidine groups is 1. The second-order valence-electron chi connectivity index (χ2n) is 6.53. The van der Waals surface area contributed by atoms with Crippen molar-refractivity contribution in [2.24, 2.45) is 10.9 Å². The minimum Gasteiger partial charge on any atom is -0.465 e. The highest BCUT2D eigenvalue weighted by atomic mass is 32.2. The molecule has 2 N–H and O–H groups in total. The highest BCUT2D eigenvalue weighted by Gasteiger charge is 2.48. The number of ether oxygens (including phenoxy) is 1. The number of hydrogen-bond donors (Lipinski definition) is 2. The van der Waals surface area contributed by atoms with E-state index >= 15 is 0 Å². The zero-order chi connectivity index (χ0) is 19.7. The number of fused-ring (bicyclic) bond motifs is 1. The van der Waals surface area contributed by atoms with Gasteiger partial charge in [-0.2, -0.15) is 0 Å². The first-order chi connectivity index (χ1) is 13.5. The molecule has 0 saturated carbocycles. The molecule has 2 aromatic rings. The van der Waals surface area contributed by atoms with E-state index in [0.717, 1.165) is 17.8 Å². The lowest BCUT2D eigenvalue weighted by Crippen LogP contribution is -2.48. The molecule has 7 nitrogen and oxygen atoms in total. The largest absolute Gasteiger partial charge is 0.465 e. The third-order valence-corrected chi connectivity index (χ3v) is 6.47. The van der Waals surface area contributed by atoms with Crippen molar-refractivity contribution in [1.82, 2.24) is 15.3 Å². The average Bonchev–Trinajstić information content (AvgIpc) is 2.68. The van der Waals surface area contributed by atoms with Crippen LogP contribution in [-0.4, -0.2) is 46.1 Å². The maximum Gasteiger partial charge on any atom is 0.410 e. The molecule has 1 aromatic carbocycles. The van der Waals surface area contributed by atoms with Gasteiger partial charge >= 0.3 is 6.09 Å². The summed E-state index contributed by atoms with van der Waals surface area (Å²) in [4.78, 5) is 23.1. The second kappa shape index (κ2) is 7.44. The van der Waals surface area contributed by atoms with Crippen molar-refractivity contribution in [3.63, 3.8) is 0 Å². The summed E-state index contributed by atoms with van der Waals surface area (Å²) in [6.07, 6.45) is 3.44. The Hall–Kier alpha value is -2.59. The van der Waals surface area contributed by atoms with Crippen LogP contribution in [-0.2, 0) is 9.48 Å². The number of halogens is 2. The highest BCUT2D eigenvalue weighted by Crippen LogP contribution is 2.52. The van der Waals surface area contributed by atoms with Gasteiger partial charge in [-0.25, -0.2) is 23.5 Å². The molecular formula is C18H16F2N4O3S. The van der Waals surface area contributed by atoms with Crippen LogP contribution in [0.1, 0.15) is 12.0 Å². The smallest absolute Gasteiger partial charge is 0.410 e. The number of nitrogens with zero attached hydrogens (tertiary/aromatic N) is 3. The fraction of sp³-hybridized carbons (Fsp3) is 0.333. The number of hydrogen-bond acceptors (Lipinski definition) is 6. The summed E-state index contributed by atoms with van der Waals surface area (Å²) in [5.74, 6) is -1.58. The van der Waals surface area contributed by atoms with E-state index in [1.807, 2.05) is 0 Å². The molecule has 1 fully saturated rings. The summed E-state index contributed by atoms with van der Waals surface area (Å²) in [6.45, 7) is 1.02. The van der Waals surface area contributed by atoms with E-state index in [4.69, 9.17) is 9.84 Å². The Labute approximate surface area is 163 Å². The molecule has 0 aliphatic carbocycles. The van der Waals surface area contributed by atoms with Gasteiger partial charge in [-0.1, -0.05) is 11.8 Å². The van der Waals surface area contributed by atoms with Gasteiger partial charge in [0.1, 0.15) is 18.0 Å². The van der Waals surface area contributed by atoms with E-state index in [-0.39, 0.29) is 23.2 Å². The van der Waals surface area contributed by atoms with Crippen molar-refractivity contribution >= 4 is 23.0 Å². The van der Waals surface area contributed by atoms with Crippen LogP contribution in [0.2, 0.25) is 0 Å². The molecule has 4 rings (SSSR count).